The Morgan fingerprint density at radius 3 is 1.93 bits per heavy atom. The summed E-state index contributed by atoms with van der Waals surface area (Å²) in [4.78, 5) is 35.7. The highest BCUT2D eigenvalue weighted by Gasteiger charge is 2.20. The molecule has 0 bridgehead atoms. The number of hydrogen-bond donors (Lipinski definition) is 2. The van der Waals surface area contributed by atoms with Crippen LogP contribution >= 0.6 is 0 Å². The average molecular weight is 408 g/mol. The largest absolute Gasteiger partial charge is 0.444 e. The molecule has 7 nitrogen and oxygen atoms in total. The first-order chi connectivity index (χ1) is 13.5. The molecule has 1 aromatic heterocycles. The lowest BCUT2D eigenvalue weighted by atomic mass is 9.98. The van der Waals surface area contributed by atoms with Crippen molar-refractivity contribution in [2.75, 3.05) is 5.32 Å². The zero-order valence-electron chi connectivity index (χ0n) is 19.1. The third-order valence-electron chi connectivity index (χ3n) is 3.37. The van der Waals surface area contributed by atoms with E-state index in [1.165, 1.54) is 5.56 Å². The van der Waals surface area contributed by atoms with Gasteiger partial charge in [0.25, 0.3) is 0 Å². The van der Waals surface area contributed by atoms with Gasteiger partial charge in [-0.1, -0.05) is 55.4 Å². The summed E-state index contributed by atoms with van der Waals surface area (Å²) in [5, 5.41) is 4.78. The molecule has 1 fully saturated rings. The number of piperidine rings is 1. The lowest BCUT2D eigenvalue weighted by Crippen LogP contribution is -2.33. The second-order valence-corrected chi connectivity index (χ2v) is 8.41. The Morgan fingerprint density at radius 2 is 1.52 bits per heavy atom. The summed E-state index contributed by atoms with van der Waals surface area (Å²) >= 11 is 0. The van der Waals surface area contributed by atoms with Gasteiger partial charge in [0.05, 0.1) is 0 Å². The number of aromatic nitrogens is 1. The second kappa shape index (κ2) is 12.9. The van der Waals surface area contributed by atoms with Crippen LogP contribution in [0.2, 0.25) is 0 Å². The summed E-state index contributed by atoms with van der Waals surface area (Å²) in [5.41, 5.74) is 2.66. The van der Waals surface area contributed by atoms with Crippen LogP contribution in [0.3, 0.4) is 0 Å². The average Bonchev–Trinajstić information content (AvgIpc) is 2.61. The third kappa shape index (κ3) is 11.9. The monoisotopic (exact) mass is 407 g/mol. The molecule has 3 rings (SSSR count). The van der Waals surface area contributed by atoms with Crippen LogP contribution in [0.1, 0.15) is 91.7 Å². The van der Waals surface area contributed by atoms with E-state index < -0.39 is 6.09 Å². The van der Waals surface area contributed by atoms with Crippen LogP contribution in [-0.4, -0.2) is 22.9 Å². The lowest BCUT2D eigenvalue weighted by molar-refractivity contribution is -0.132. The highest BCUT2D eigenvalue weighted by atomic mass is 16.5. The molecule has 0 aliphatic carbocycles. The Balaban J connectivity index is 0.000000444. The second-order valence-electron chi connectivity index (χ2n) is 8.41. The smallest absolute Gasteiger partial charge is 0.413 e. The lowest BCUT2D eigenvalue weighted by Gasteiger charge is -2.20. The zero-order valence-corrected chi connectivity index (χ0v) is 19.1. The van der Waals surface area contributed by atoms with Crippen molar-refractivity contribution in [3.05, 3.63) is 23.4 Å². The molecule has 0 atom stereocenters. The quantitative estimate of drug-likeness (QED) is 0.627. The molecule has 29 heavy (non-hydrogen) atoms. The minimum absolute atomic E-state index is 0.138. The third-order valence-corrected chi connectivity index (χ3v) is 3.37. The Labute approximate surface area is 175 Å². The first-order valence-electron chi connectivity index (χ1n) is 10.2. The number of carbonyl (C=O) groups excluding carboxylic acids is 3. The number of anilines is 1. The van der Waals surface area contributed by atoms with E-state index in [-0.39, 0.29) is 11.8 Å². The number of carbonyl (C=O) groups is 3. The van der Waals surface area contributed by atoms with E-state index in [0.29, 0.717) is 43.0 Å². The van der Waals surface area contributed by atoms with Gasteiger partial charge in [0.2, 0.25) is 11.8 Å². The standard InChI is InChI=1S/C10H12N2O2.C5H7NO2.C5H12.C2H6/c1-6(2)7-3-4-11-9-8(7)5-14-10(13)12-9;7-4-2-1-3-5(8)6-4;1-5(2,3)4;1-2/h3-4,6H,5H2,1-2H3,(H,11,12,13);1-3H2,(H,6,7,8);1-4H3;1-2H3. The normalized spacial score (nSPS) is 15.0. The van der Waals surface area contributed by atoms with Crippen molar-refractivity contribution in [1.29, 1.82) is 0 Å². The zero-order chi connectivity index (χ0) is 22.6. The molecule has 0 saturated carbocycles. The molecule has 3 amide bonds. The van der Waals surface area contributed by atoms with Crippen molar-refractivity contribution < 1.29 is 19.1 Å². The van der Waals surface area contributed by atoms with Gasteiger partial charge in [-0.05, 0) is 29.4 Å². The number of ether oxygens (including phenoxy) is 1. The molecule has 0 unspecified atom stereocenters. The van der Waals surface area contributed by atoms with Gasteiger partial charge in [0.1, 0.15) is 12.4 Å². The predicted molar refractivity (Wildman–Crippen MR) is 116 cm³/mol. The molecule has 2 N–H and O–H groups in total. The molecule has 7 heteroatoms. The summed E-state index contributed by atoms with van der Waals surface area (Å²) in [6.45, 7) is 17.3. The van der Waals surface area contributed by atoms with Gasteiger partial charge >= 0.3 is 6.09 Å². The van der Waals surface area contributed by atoms with Gasteiger partial charge in [0, 0.05) is 24.6 Å². The Hall–Kier alpha value is -2.44. The van der Waals surface area contributed by atoms with Gasteiger partial charge in [-0.15, -0.1) is 0 Å². The fraction of sp³-hybridized carbons (Fsp3) is 0.636. The van der Waals surface area contributed by atoms with Crippen LogP contribution in [0.4, 0.5) is 10.6 Å². The number of amides is 3. The van der Waals surface area contributed by atoms with E-state index in [4.69, 9.17) is 4.74 Å². The number of hydrogen-bond acceptors (Lipinski definition) is 5. The SMILES string of the molecule is CC.CC(C)(C)C.CC(C)c1ccnc2c1COC(=O)N2.O=C1CCCC(=O)N1. The van der Waals surface area contributed by atoms with Crippen LogP contribution in [-0.2, 0) is 20.9 Å². The van der Waals surface area contributed by atoms with Crippen LogP contribution in [0, 0.1) is 5.41 Å². The topological polar surface area (TPSA) is 97.4 Å². The van der Waals surface area contributed by atoms with Crippen molar-refractivity contribution in [3.63, 3.8) is 0 Å². The van der Waals surface area contributed by atoms with Gasteiger partial charge in [-0.25, -0.2) is 9.78 Å². The fourth-order valence-corrected chi connectivity index (χ4v) is 2.27. The number of pyridine rings is 1. The van der Waals surface area contributed by atoms with Crippen molar-refractivity contribution in [1.82, 2.24) is 10.3 Å². The molecule has 1 aromatic rings. The van der Waals surface area contributed by atoms with Crippen LogP contribution < -0.4 is 10.6 Å². The highest BCUT2D eigenvalue weighted by molar-refractivity contribution is 5.97. The molecule has 2 aliphatic heterocycles. The summed E-state index contributed by atoms with van der Waals surface area (Å²) in [6, 6.07) is 1.96. The fourth-order valence-electron chi connectivity index (χ4n) is 2.27. The summed E-state index contributed by atoms with van der Waals surface area (Å²) < 4.78 is 4.91. The number of imide groups is 1. The molecule has 0 radical (unpaired) electrons. The van der Waals surface area contributed by atoms with E-state index in [0.717, 1.165) is 5.56 Å². The van der Waals surface area contributed by atoms with Gasteiger partial charge in [0.15, 0.2) is 0 Å². The summed E-state index contributed by atoms with van der Waals surface area (Å²) in [7, 11) is 0. The summed E-state index contributed by atoms with van der Waals surface area (Å²) in [6.07, 6.45) is 3.01. The summed E-state index contributed by atoms with van der Waals surface area (Å²) in [5.74, 6) is 0.764. The Kier molecular flexibility index (Phi) is 11.8. The number of nitrogens with one attached hydrogen (secondary N) is 2. The Bertz CT molecular complexity index is 659. The van der Waals surface area contributed by atoms with E-state index >= 15 is 0 Å². The van der Waals surface area contributed by atoms with Crippen LogP contribution in [0.25, 0.3) is 0 Å². The van der Waals surface area contributed by atoms with Crippen LogP contribution in [0.15, 0.2) is 12.3 Å². The number of rotatable bonds is 1. The number of cyclic esters (lactones) is 1. The van der Waals surface area contributed by atoms with Gasteiger partial charge < -0.3 is 4.74 Å². The molecule has 0 spiro atoms. The first kappa shape index (κ1) is 26.6. The molecule has 3 heterocycles. The first-order valence-corrected chi connectivity index (χ1v) is 10.2. The highest BCUT2D eigenvalue weighted by Crippen LogP contribution is 2.27. The minimum Gasteiger partial charge on any atom is -0.444 e. The maximum atomic E-state index is 10.9. The Morgan fingerprint density at radius 1 is 1.00 bits per heavy atom. The number of fused-ring (bicyclic) bond motifs is 1. The molecular formula is C22H37N3O4. The predicted octanol–water partition coefficient (Wildman–Crippen LogP) is 5.16. The molecule has 1 saturated heterocycles. The maximum absolute atomic E-state index is 10.9. The van der Waals surface area contributed by atoms with E-state index in [1.54, 1.807) is 6.20 Å². The number of nitrogens with zero attached hydrogens (tertiary/aromatic N) is 1. The van der Waals surface area contributed by atoms with Crippen molar-refractivity contribution in [2.45, 2.75) is 87.2 Å². The van der Waals surface area contributed by atoms with Gasteiger partial charge in [-0.3, -0.25) is 20.2 Å². The van der Waals surface area contributed by atoms with Crippen molar-refractivity contribution in [3.8, 4) is 0 Å². The van der Waals surface area contributed by atoms with Crippen molar-refractivity contribution >= 4 is 23.7 Å². The molecule has 0 aromatic carbocycles. The maximum Gasteiger partial charge on any atom is 0.413 e. The minimum atomic E-state index is -0.425. The molecular weight excluding hydrogens is 370 g/mol. The van der Waals surface area contributed by atoms with E-state index in [9.17, 15) is 14.4 Å². The molecule has 164 valence electrons. The van der Waals surface area contributed by atoms with Crippen LogP contribution in [0.5, 0.6) is 0 Å². The molecule has 2 aliphatic rings. The van der Waals surface area contributed by atoms with Crippen molar-refractivity contribution in [2.24, 2.45) is 5.41 Å². The van der Waals surface area contributed by atoms with E-state index in [2.05, 4.69) is 57.2 Å². The van der Waals surface area contributed by atoms with E-state index in [1.807, 2.05) is 19.9 Å². The van der Waals surface area contributed by atoms with Gasteiger partial charge in [-0.2, -0.15) is 0 Å².